The second kappa shape index (κ2) is 12.5. The van der Waals surface area contributed by atoms with Crippen molar-refractivity contribution in [2.75, 3.05) is 7.11 Å². The predicted octanol–water partition coefficient (Wildman–Crippen LogP) is 3.72. The number of aromatic nitrogens is 6. The summed E-state index contributed by atoms with van der Waals surface area (Å²) in [6.45, 7) is 0. The lowest BCUT2D eigenvalue weighted by Crippen LogP contribution is -2.21. The summed E-state index contributed by atoms with van der Waals surface area (Å²) in [6.07, 6.45) is 0. The van der Waals surface area contributed by atoms with E-state index in [2.05, 4.69) is 76.4 Å². The number of rotatable bonds is 6. The van der Waals surface area contributed by atoms with Crippen molar-refractivity contribution in [2.45, 2.75) is 0 Å². The molecular formula is C20H11Br2F2N9O8. The van der Waals surface area contributed by atoms with E-state index in [-0.39, 0.29) is 37.9 Å². The van der Waals surface area contributed by atoms with Crippen LogP contribution in [0.5, 0.6) is 5.88 Å². The van der Waals surface area contributed by atoms with E-state index in [9.17, 15) is 23.7 Å². The van der Waals surface area contributed by atoms with Gasteiger partial charge in [-0.2, -0.15) is 0 Å². The van der Waals surface area contributed by atoms with Crippen molar-refractivity contribution in [3.05, 3.63) is 83.3 Å². The highest BCUT2D eigenvalue weighted by atomic mass is 79.9. The summed E-state index contributed by atoms with van der Waals surface area (Å²) >= 11 is 6.01. The van der Waals surface area contributed by atoms with Crippen molar-refractivity contribution in [1.29, 1.82) is 0 Å². The molecule has 0 bridgehead atoms. The molecule has 41 heavy (non-hydrogen) atoms. The molecule has 0 radical (unpaired) electrons. The number of halogens is 4. The number of benzene rings is 2. The number of hydroxylamine groups is 1. The van der Waals surface area contributed by atoms with Gasteiger partial charge in [-0.05, 0) is 88.7 Å². The standard InChI is InChI=1S/C10H3BrFN5O5.C10H8BrFN4O3/c11-5-3-4(1-2-6(5)12)16-8(14-21-10(16)18)7-9(17(19)20)15-22-13-7;1-18-10-8(15-19-16-10)9(14-17)13-5-2-3-7(12)6(11)4-5/h1-3H;2-4,17H,1H3,(H,13,14). The Morgan fingerprint density at radius 1 is 1.07 bits per heavy atom. The van der Waals surface area contributed by atoms with Crippen molar-refractivity contribution < 1.29 is 37.4 Å². The number of hydrogen-bond acceptors (Lipinski definition) is 14. The predicted molar refractivity (Wildman–Crippen MR) is 136 cm³/mol. The monoisotopic (exact) mass is 701 g/mol. The molecule has 2 N–H and O–H groups in total. The molecule has 5 rings (SSSR count). The number of methoxy groups -OCH3 is 1. The van der Waals surface area contributed by atoms with Gasteiger partial charge in [0.25, 0.3) is 11.6 Å². The first-order valence-electron chi connectivity index (χ1n) is 10.5. The van der Waals surface area contributed by atoms with Gasteiger partial charge in [-0.25, -0.2) is 27.8 Å². The molecule has 5 aromatic rings. The van der Waals surface area contributed by atoms with Crippen molar-refractivity contribution in [1.82, 2.24) is 35.8 Å². The van der Waals surface area contributed by atoms with Gasteiger partial charge in [-0.3, -0.25) is 15.2 Å². The van der Waals surface area contributed by atoms with Crippen LogP contribution in [0.1, 0.15) is 5.69 Å². The maximum absolute atomic E-state index is 13.3. The number of aliphatic imine (C=N–C) groups is 1. The first-order chi connectivity index (χ1) is 19.6. The average Bonchev–Trinajstić information content (AvgIpc) is 3.71. The molecule has 3 aromatic heterocycles. The smallest absolute Gasteiger partial charge is 0.446 e. The molecule has 0 aliphatic rings. The summed E-state index contributed by atoms with van der Waals surface area (Å²) in [5.41, 5.74) is 2.10. The second-order valence-corrected chi connectivity index (χ2v) is 8.90. The molecule has 0 amide bonds. The summed E-state index contributed by atoms with van der Waals surface area (Å²) in [6, 6.07) is 7.73. The third-order valence-electron chi connectivity index (χ3n) is 4.75. The number of ether oxygens (including phenoxy) is 1. The molecular weight excluding hydrogens is 692 g/mol. The minimum absolute atomic E-state index is 0.0448. The maximum atomic E-state index is 13.3. The normalized spacial score (nSPS) is 11.1. The number of nitrogens with zero attached hydrogens (tertiary/aromatic N) is 8. The number of hydrogen-bond donors (Lipinski definition) is 2. The molecule has 3 heterocycles. The molecule has 0 atom stereocenters. The van der Waals surface area contributed by atoms with Crippen LogP contribution in [0.15, 0.2) is 68.9 Å². The van der Waals surface area contributed by atoms with Gasteiger partial charge in [0.15, 0.2) is 11.0 Å². The molecule has 17 nitrogen and oxygen atoms in total. The summed E-state index contributed by atoms with van der Waals surface area (Å²) in [5, 5.41) is 36.8. The molecule has 0 unspecified atom stereocenters. The van der Waals surface area contributed by atoms with E-state index >= 15 is 0 Å². The zero-order valence-corrected chi connectivity index (χ0v) is 23.0. The van der Waals surface area contributed by atoms with E-state index in [4.69, 9.17) is 9.94 Å². The van der Waals surface area contributed by atoms with Gasteiger partial charge in [0, 0.05) is 0 Å². The van der Waals surface area contributed by atoms with Gasteiger partial charge in [-0.1, -0.05) is 5.16 Å². The van der Waals surface area contributed by atoms with E-state index < -0.39 is 33.8 Å². The first kappa shape index (κ1) is 29.1. The van der Waals surface area contributed by atoms with E-state index in [1.165, 1.54) is 37.4 Å². The van der Waals surface area contributed by atoms with Crippen LogP contribution in [0.3, 0.4) is 0 Å². The quantitative estimate of drug-likeness (QED) is 0.111. The minimum atomic E-state index is -0.939. The van der Waals surface area contributed by atoms with Gasteiger partial charge in [0.1, 0.15) is 11.6 Å². The summed E-state index contributed by atoms with van der Waals surface area (Å²) in [4.78, 5) is 25.8. The molecule has 0 aliphatic heterocycles. The molecule has 0 saturated heterocycles. The minimum Gasteiger partial charge on any atom is -0.477 e. The molecule has 0 spiro atoms. The van der Waals surface area contributed by atoms with Crippen LogP contribution in [-0.2, 0) is 0 Å². The summed E-state index contributed by atoms with van der Waals surface area (Å²) in [7, 11) is 1.37. The number of nitrogens with one attached hydrogen (secondary N) is 1. The van der Waals surface area contributed by atoms with Crippen LogP contribution in [0.25, 0.3) is 17.2 Å². The van der Waals surface area contributed by atoms with Gasteiger partial charge in [0.2, 0.25) is 11.5 Å². The third kappa shape index (κ3) is 6.31. The summed E-state index contributed by atoms with van der Waals surface area (Å²) < 4.78 is 45.7. The molecule has 0 aliphatic carbocycles. The molecule has 212 valence electrons. The summed E-state index contributed by atoms with van der Waals surface area (Å²) in [5.74, 6) is -2.93. The molecule has 0 fully saturated rings. The fraction of sp³-hybridized carbons (Fsp3) is 0.0500. The molecule has 0 saturated carbocycles. The van der Waals surface area contributed by atoms with Crippen LogP contribution >= 0.6 is 31.9 Å². The zero-order chi connectivity index (χ0) is 29.7. The topological polar surface area (TPSA) is 223 Å². The highest BCUT2D eigenvalue weighted by Gasteiger charge is 2.30. The third-order valence-corrected chi connectivity index (χ3v) is 5.96. The second-order valence-electron chi connectivity index (χ2n) is 7.19. The SMILES string of the molecule is COc1nonc1C(=Nc1ccc(F)c(Br)c1)NO.O=c1onc(-c2nonc2[N+](=O)[O-])n1-c1ccc(F)c(Br)c1. The van der Waals surface area contributed by atoms with E-state index in [1.807, 2.05) is 5.48 Å². The largest absolute Gasteiger partial charge is 0.477 e. The van der Waals surface area contributed by atoms with Crippen LogP contribution in [0, 0.1) is 21.7 Å². The van der Waals surface area contributed by atoms with Gasteiger partial charge < -0.3 is 14.9 Å². The van der Waals surface area contributed by atoms with E-state index in [0.29, 0.717) is 5.69 Å². The van der Waals surface area contributed by atoms with E-state index in [0.717, 1.165) is 10.6 Å². The van der Waals surface area contributed by atoms with E-state index in [1.54, 1.807) is 0 Å². The fourth-order valence-electron chi connectivity index (χ4n) is 2.97. The highest BCUT2D eigenvalue weighted by Crippen LogP contribution is 2.27. The Hall–Kier alpha value is -4.89. The number of amidine groups is 1. The van der Waals surface area contributed by atoms with Gasteiger partial charge in [-0.15, -0.1) is 4.63 Å². The Morgan fingerprint density at radius 2 is 1.76 bits per heavy atom. The van der Waals surface area contributed by atoms with Gasteiger partial charge >= 0.3 is 11.6 Å². The first-order valence-corrected chi connectivity index (χ1v) is 12.0. The van der Waals surface area contributed by atoms with Crippen LogP contribution in [0.4, 0.5) is 20.3 Å². The van der Waals surface area contributed by atoms with Crippen LogP contribution in [-0.4, -0.2) is 53.4 Å². The Morgan fingerprint density at radius 3 is 2.39 bits per heavy atom. The Labute approximate surface area is 240 Å². The maximum Gasteiger partial charge on any atom is 0.446 e. The fourth-order valence-corrected chi connectivity index (χ4v) is 3.70. The lowest BCUT2D eigenvalue weighted by molar-refractivity contribution is -0.390. The number of nitro groups is 1. The van der Waals surface area contributed by atoms with Crippen molar-refractivity contribution in [2.24, 2.45) is 4.99 Å². The van der Waals surface area contributed by atoms with Crippen molar-refractivity contribution >= 4 is 49.2 Å². The Bertz CT molecular complexity index is 1800. The Kier molecular flexibility index (Phi) is 8.89. The molecule has 2 aromatic carbocycles. The Balaban J connectivity index is 0.000000191. The highest BCUT2D eigenvalue weighted by molar-refractivity contribution is 9.10. The van der Waals surface area contributed by atoms with Crippen molar-refractivity contribution in [3.63, 3.8) is 0 Å². The average molecular weight is 703 g/mol. The lowest BCUT2D eigenvalue weighted by Gasteiger charge is -2.03. The molecule has 21 heteroatoms. The van der Waals surface area contributed by atoms with Crippen LogP contribution < -0.4 is 16.0 Å². The van der Waals surface area contributed by atoms with Crippen molar-refractivity contribution in [3.8, 4) is 23.1 Å². The lowest BCUT2D eigenvalue weighted by atomic mass is 10.3. The van der Waals surface area contributed by atoms with Gasteiger partial charge in [0.05, 0.1) is 27.4 Å². The van der Waals surface area contributed by atoms with Crippen LogP contribution in [0.2, 0.25) is 0 Å². The zero-order valence-electron chi connectivity index (χ0n) is 19.9.